The molecule has 0 bridgehead atoms. The number of ether oxygens (including phenoxy) is 2. The van der Waals surface area contributed by atoms with Gasteiger partial charge >= 0.3 is 0 Å². The number of aromatic nitrogens is 2. The lowest BCUT2D eigenvalue weighted by molar-refractivity contribution is -0.134. The van der Waals surface area contributed by atoms with Crippen molar-refractivity contribution in [3.8, 4) is 23.0 Å². The molecule has 1 aromatic heterocycles. The van der Waals surface area contributed by atoms with Crippen molar-refractivity contribution in [3.63, 3.8) is 0 Å². The zero-order chi connectivity index (χ0) is 19.4. The van der Waals surface area contributed by atoms with Gasteiger partial charge in [-0.2, -0.15) is 0 Å². The van der Waals surface area contributed by atoms with Gasteiger partial charge in [0.2, 0.25) is 5.91 Å². The van der Waals surface area contributed by atoms with Crippen LogP contribution in [-0.4, -0.2) is 53.1 Å². The maximum atomic E-state index is 12.6. The van der Waals surface area contributed by atoms with Crippen molar-refractivity contribution >= 4 is 17.7 Å². The molecule has 1 aliphatic heterocycles. The van der Waals surface area contributed by atoms with E-state index < -0.39 is 0 Å². The minimum absolute atomic E-state index is 0.112. The summed E-state index contributed by atoms with van der Waals surface area (Å²) in [4.78, 5) is 14.6. The van der Waals surface area contributed by atoms with Gasteiger partial charge in [0, 0.05) is 18.2 Å². The van der Waals surface area contributed by atoms with Crippen LogP contribution in [0.3, 0.4) is 0 Å². The smallest absolute Gasteiger partial charge is 0.277 e. The first-order chi connectivity index (χ1) is 13.0. The summed E-state index contributed by atoms with van der Waals surface area (Å²) in [6, 6.07) is 5.93. The van der Waals surface area contributed by atoms with Gasteiger partial charge in [-0.1, -0.05) is 11.8 Å². The molecule has 8 heteroatoms. The molecule has 1 saturated heterocycles. The minimum Gasteiger partial charge on any atom is -0.497 e. The molecule has 0 spiro atoms. The normalized spacial score (nSPS) is 19.8. The molecule has 7 nitrogen and oxygen atoms in total. The van der Waals surface area contributed by atoms with Gasteiger partial charge in [0.25, 0.3) is 11.1 Å². The Morgan fingerprint density at radius 2 is 1.96 bits per heavy atom. The lowest BCUT2D eigenvalue weighted by Gasteiger charge is -2.39. The van der Waals surface area contributed by atoms with E-state index in [1.165, 1.54) is 18.2 Å². The van der Waals surface area contributed by atoms with Gasteiger partial charge in [0.1, 0.15) is 11.5 Å². The Hall–Kier alpha value is -2.22. The van der Waals surface area contributed by atoms with E-state index in [9.17, 15) is 4.79 Å². The predicted molar refractivity (Wildman–Crippen MR) is 103 cm³/mol. The summed E-state index contributed by atoms with van der Waals surface area (Å²) in [5, 5.41) is 8.51. The first kappa shape index (κ1) is 19.5. The van der Waals surface area contributed by atoms with Gasteiger partial charge in [-0.05, 0) is 45.2 Å². The Morgan fingerprint density at radius 1 is 1.22 bits per heavy atom. The van der Waals surface area contributed by atoms with Crippen molar-refractivity contribution < 1.29 is 18.7 Å². The molecular weight excluding hydrogens is 366 g/mol. The molecule has 1 amide bonds. The maximum Gasteiger partial charge on any atom is 0.277 e. The van der Waals surface area contributed by atoms with Gasteiger partial charge in [-0.15, -0.1) is 10.2 Å². The van der Waals surface area contributed by atoms with Crippen molar-refractivity contribution in [2.24, 2.45) is 0 Å². The highest BCUT2D eigenvalue weighted by Crippen LogP contribution is 2.34. The topological polar surface area (TPSA) is 77.7 Å². The number of hydrogen-bond acceptors (Lipinski definition) is 7. The highest BCUT2D eigenvalue weighted by atomic mass is 32.2. The second kappa shape index (κ2) is 8.65. The van der Waals surface area contributed by atoms with E-state index in [1.54, 1.807) is 26.4 Å². The molecule has 0 unspecified atom stereocenters. The average Bonchev–Trinajstić information content (AvgIpc) is 3.14. The number of piperidine rings is 1. The number of rotatable bonds is 6. The second-order valence-corrected chi connectivity index (χ2v) is 7.58. The monoisotopic (exact) mass is 391 g/mol. The number of nitrogens with zero attached hydrogens (tertiary/aromatic N) is 3. The van der Waals surface area contributed by atoms with Crippen molar-refractivity contribution in [3.05, 3.63) is 18.2 Å². The molecule has 0 radical (unpaired) electrons. The molecule has 0 aliphatic carbocycles. The third kappa shape index (κ3) is 4.37. The van der Waals surface area contributed by atoms with Crippen molar-refractivity contribution in [2.75, 3.05) is 20.0 Å². The highest BCUT2D eigenvalue weighted by Gasteiger charge is 2.29. The first-order valence-electron chi connectivity index (χ1n) is 9.03. The Morgan fingerprint density at radius 3 is 2.63 bits per heavy atom. The van der Waals surface area contributed by atoms with Gasteiger partial charge in [0.15, 0.2) is 0 Å². The van der Waals surface area contributed by atoms with Crippen LogP contribution in [-0.2, 0) is 4.79 Å². The third-order valence-corrected chi connectivity index (χ3v) is 5.65. The fourth-order valence-electron chi connectivity index (χ4n) is 3.46. The number of carbonyl (C=O) groups excluding carboxylic acids is 1. The van der Waals surface area contributed by atoms with Gasteiger partial charge in [0.05, 0.1) is 25.5 Å². The Labute approximate surface area is 163 Å². The highest BCUT2D eigenvalue weighted by molar-refractivity contribution is 7.99. The zero-order valence-corrected chi connectivity index (χ0v) is 16.9. The van der Waals surface area contributed by atoms with Crippen LogP contribution in [0.2, 0.25) is 0 Å². The van der Waals surface area contributed by atoms with E-state index in [0.717, 1.165) is 12.8 Å². The zero-order valence-electron chi connectivity index (χ0n) is 16.1. The molecule has 0 saturated carbocycles. The number of thioether (sulfide) groups is 1. The molecular formula is C19H25N3O4S. The van der Waals surface area contributed by atoms with Crippen LogP contribution in [0.15, 0.2) is 27.8 Å². The molecule has 1 fully saturated rings. The fourth-order valence-corrected chi connectivity index (χ4v) is 4.10. The lowest BCUT2D eigenvalue weighted by Crippen LogP contribution is -2.48. The third-order valence-electron chi connectivity index (χ3n) is 4.85. The van der Waals surface area contributed by atoms with Crippen LogP contribution in [0, 0.1) is 0 Å². The summed E-state index contributed by atoms with van der Waals surface area (Å²) < 4.78 is 16.3. The van der Waals surface area contributed by atoms with E-state index >= 15 is 0 Å². The lowest BCUT2D eigenvalue weighted by atomic mass is 9.98. The van der Waals surface area contributed by atoms with Crippen molar-refractivity contribution in [2.45, 2.75) is 50.4 Å². The molecule has 1 aliphatic rings. The molecule has 0 N–H and O–H groups in total. The summed E-state index contributed by atoms with van der Waals surface area (Å²) >= 11 is 1.27. The summed E-state index contributed by atoms with van der Waals surface area (Å²) in [6.45, 7) is 4.22. The standard InChI is InChI=1S/C19H25N3O4S/c1-12-6-5-7-13(2)22(12)17(23)11-27-19-21-20-18(26-19)15-9-8-14(24-3)10-16(15)25-4/h8-10,12-13H,5-7,11H2,1-4H3/t12-,13+. The van der Waals surface area contributed by atoms with Crippen LogP contribution in [0.4, 0.5) is 0 Å². The predicted octanol–water partition coefficient (Wildman–Crippen LogP) is 3.64. The van der Waals surface area contributed by atoms with Crippen LogP contribution in [0.1, 0.15) is 33.1 Å². The maximum absolute atomic E-state index is 12.6. The minimum atomic E-state index is 0.112. The number of amides is 1. The van der Waals surface area contributed by atoms with Gasteiger partial charge < -0.3 is 18.8 Å². The Balaban J connectivity index is 1.67. The fraction of sp³-hybridized carbons (Fsp3) is 0.526. The Bertz CT molecular complexity index is 785. The molecule has 146 valence electrons. The SMILES string of the molecule is COc1ccc(-c2nnc(SCC(=O)N3[C@H](C)CCC[C@@H]3C)o2)c(OC)c1. The molecule has 3 rings (SSSR count). The number of carbonyl (C=O) groups is 1. The van der Waals surface area contributed by atoms with Crippen LogP contribution in [0.25, 0.3) is 11.5 Å². The van der Waals surface area contributed by atoms with E-state index in [0.29, 0.717) is 28.2 Å². The van der Waals surface area contributed by atoms with E-state index in [4.69, 9.17) is 13.9 Å². The number of benzene rings is 1. The number of hydrogen-bond donors (Lipinski definition) is 0. The Kier molecular flexibility index (Phi) is 6.26. The van der Waals surface area contributed by atoms with Crippen molar-refractivity contribution in [1.29, 1.82) is 0 Å². The molecule has 27 heavy (non-hydrogen) atoms. The first-order valence-corrected chi connectivity index (χ1v) is 10.0. The summed E-state index contributed by atoms with van der Waals surface area (Å²) in [5.74, 6) is 2.02. The summed E-state index contributed by atoms with van der Waals surface area (Å²) in [5.41, 5.74) is 0.683. The molecule has 1 aromatic carbocycles. The molecule has 2 heterocycles. The quantitative estimate of drug-likeness (QED) is 0.696. The average molecular weight is 391 g/mol. The number of methoxy groups -OCH3 is 2. The summed E-state index contributed by atoms with van der Waals surface area (Å²) in [7, 11) is 3.17. The summed E-state index contributed by atoms with van der Waals surface area (Å²) in [6.07, 6.45) is 3.29. The van der Waals surface area contributed by atoms with Gasteiger partial charge in [-0.3, -0.25) is 4.79 Å². The largest absolute Gasteiger partial charge is 0.497 e. The molecule has 2 aromatic rings. The van der Waals surface area contributed by atoms with Crippen LogP contribution < -0.4 is 9.47 Å². The van der Waals surface area contributed by atoms with Crippen molar-refractivity contribution in [1.82, 2.24) is 15.1 Å². The van der Waals surface area contributed by atoms with Crippen LogP contribution >= 0.6 is 11.8 Å². The van der Waals surface area contributed by atoms with Crippen LogP contribution in [0.5, 0.6) is 11.5 Å². The van der Waals surface area contributed by atoms with E-state index in [1.807, 2.05) is 11.0 Å². The second-order valence-electron chi connectivity index (χ2n) is 6.66. The molecule has 2 atom stereocenters. The number of likely N-dealkylation sites (tertiary alicyclic amines) is 1. The van der Waals surface area contributed by atoms with E-state index in [2.05, 4.69) is 24.0 Å². The van der Waals surface area contributed by atoms with Gasteiger partial charge in [-0.25, -0.2) is 0 Å². The van der Waals surface area contributed by atoms with E-state index in [-0.39, 0.29) is 23.7 Å².